The second-order valence-electron chi connectivity index (χ2n) is 4.42. The molecule has 0 atom stereocenters. The van der Waals surface area contributed by atoms with Crippen LogP contribution in [0.5, 0.6) is 0 Å². The van der Waals surface area contributed by atoms with E-state index in [1.54, 1.807) is 0 Å². The van der Waals surface area contributed by atoms with E-state index >= 15 is 0 Å². The van der Waals surface area contributed by atoms with E-state index in [0.29, 0.717) is 11.8 Å². The Balaban J connectivity index is 2.80. The van der Waals surface area contributed by atoms with Gasteiger partial charge in [0.1, 0.15) is 12.4 Å². The quantitative estimate of drug-likeness (QED) is 0.452. The number of hydrogen-bond acceptors (Lipinski definition) is 2. The first kappa shape index (κ1) is 19.8. The maximum atomic E-state index is 13.7. The third-order valence-electron chi connectivity index (χ3n) is 2.35. The van der Waals surface area contributed by atoms with Gasteiger partial charge in [-0.25, -0.2) is 4.39 Å². The molecular weight excluding hydrogens is 369 g/mol. The molecule has 1 rings (SSSR count). The van der Waals surface area contributed by atoms with Crippen molar-refractivity contribution in [2.75, 3.05) is 17.6 Å². The van der Waals surface area contributed by atoms with Gasteiger partial charge in [-0.3, -0.25) is 0 Å². The Hall–Kier alpha value is -1.23. The zero-order valence-corrected chi connectivity index (χ0v) is 13.2. The number of rotatable bonds is 4. The van der Waals surface area contributed by atoms with E-state index in [9.17, 15) is 30.7 Å². The number of anilines is 1. The first-order valence-electron chi connectivity index (χ1n) is 5.99. The molecule has 0 bridgehead atoms. The van der Waals surface area contributed by atoms with Gasteiger partial charge in [-0.2, -0.15) is 26.3 Å². The van der Waals surface area contributed by atoms with E-state index in [0.717, 1.165) is 12.1 Å². The monoisotopic (exact) mass is 380 g/mol. The maximum Gasteiger partial charge on any atom is 0.405 e. The van der Waals surface area contributed by atoms with Gasteiger partial charge in [0.15, 0.2) is 5.11 Å². The molecule has 1 aromatic carbocycles. The lowest BCUT2D eigenvalue weighted by atomic mass is 10.2. The zero-order chi connectivity index (χ0) is 17.8. The third-order valence-corrected chi connectivity index (χ3v) is 3.82. The first-order valence-corrected chi connectivity index (χ1v) is 7.38. The summed E-state index contributed by atoms with van der Waals surface area (Å²) in [5.41, 5.74) is -0.0311. The van der Waals surface area contributed by atoms with Crippen molar-refractivity contribution < 1.29 is 30.7 Å². The minimum Gasteiger partial charge on any atom is -0.353 e. The summed E-state index contributed by atoms with van der Waals surface area (Å²) < 4.78 is 86.5. The molecule has 0 fully saturated rings. The summed E-state index contributed by atoms with van der Waals surface area (Å²) in [7, 11) is 0. The molecule has 0 aliphatic carbocycles. The van der Waals surface area contributed by atoms with E-state index < -0.39 is 35.6 Å². The van der Waals surface area contributed by atoms with Crippen LogP contribution in [0.2, 0.25) is 0 Å². The molecule has 23 heavy (non-hydrogen) atoms. The molecule has 0 saturated carbocycles. The summed E-state index contributed by atoms with van der Waals surface area (Å²) in [6, 6.07) is 2.05. The number of halogens is 7. The van der Waals surface area contributed by atoms with Crippen LogP contribution >= 0.6 is 24.0 Å². The molecule has 0 saturated heterocycles. The summed E-state index contributed by atoms with van der Waals surface area (Å²) in [6.45, 7) is 0.00772. The van der Waals surface area contributed by atoms with Crippen LogP contribution in [0.1, 0.15) is 5.56 Å². The van der Waals surface area contributed by atoms with E-state index in [4.69, 9.17) is 0 Å². The minimum absolute atomic E-state index is 0.143. The molecule has 0 amide bonds. The van der Waals surface area contributed by atoms with Gasteiger partial charge in [-0.15, -0.1) is 11.8 Å². The molecule has 0 spiro atoms. The molecule has 2 N–H and O–H groups in total. The molecule has 1 aromatic rings. The highest BCUT2D eigenvalue weighted by atomic mass is 32.2. The zero-order valence-electron chi connectivity index (χ0n) is 11.5. The Bertz CT molecular complexity index is 570. The Morgan fingerprint density at radius 2 is 1.74 bits per heavy atom. The van der Waals surface area contributed by atoms with Gasteiger partial charge in [-0.05, 0) is 36.8 Å². The average molecular weight is 380 g/mol. The summed E-state index contributed by atoms with van der Waals surface area (Å²) in [6.07, 6.45) is -8.91. The number of aryl methyl sites for hydroxylation is 1. The lowest BCUT2D eigenvalue weighted by molar-refractivity contribution is -0.121. The maximum absolute atomic E-state index is 13.7. The van der Waals surface area contributed by atoms with E-state index in [-0.39, 0.29) is 16.1 Å². The molecule has 2 nitrogen and oxygen atoms in total. The van der Waals surface area contributed by atoms with Gasteiger partial charge in [0.2, 0.25) is 0 Å². The number of alkyl halides is 6. The molecule has 130 valence electrons. The molecule has 0 heterocycles. The van der Waals surface area contributed by atoms with Gasteiger partial charge >= 0.3 is 12.4 Å². The molecule has 0 aliphatic heterocycles. The summed E-state index contributed by atoms with van der Waals surface area (Å²) in [4.78, 5) is 0.143. The lowest BCUT2D eigenvalue weighted by Crippen LogP contribution is -2.36. The number of nitrogens with one attached hydrogen (secondary N) is 2. The third kappa shape index (κ3) is 7.73. The molecular formula is C12H11F7N2S2. The molecule has 0 radical (unpaired) electrons. The molecule has 0 unspecified atom stereocenters. The van der Waals surface area contributed by atoms with E-state index in [2.05, 4.69) is 17.5 Å². The number of hydrogen-bond donors (Lipinski definition) is 2. The van der Waals surface area contributed by atoms with Crippen LogP contribution in [0.15, 0.2) is 17.0 Å². The molecule has 0 aliphatic rings. The Labute approximate surface area is 136 Å². The highest BCUT2D eigenvalue weighted by Crippen LogP contribution is 2.32. The predicted octanol–water partition coefficient (Wildman–Crippen LogP) is 4.64. The highest BCUT2D eigenvalue weighted by molar-refractivity contribution is 7.99. The molecule has 11 heteroatoms. The Morgan fingerprint density at radius 1 is 1.13 bits per heavy atom. The van der Waals surface area contributed by atoms with Gasteiger partial charge < -0.3 is 10.6 Å². The van der Waals surface area contributed by atoms with Gasteiger partial charge in [0.05, 0.1) is 11.4 Å². The highest BCUT2D eigenvalue weighted by Gasteiger charge is 2.28. The minimum atomic E-state index is -4.51. The van der Waals surface area contributed by atoms with Crippen LogP contribution in [-0.4, -0.2) is 29.8 Å². The van der Waals surface area contributed by atoms with Crippen molar-refractivity contribution in [3.63, 3.8) is 0 Å². The van der Waals surface area contributed by atoms with E-state index in [1.807, 2.05) is 5.32 Å². The van der Waals surface area contributed by atoms with Crippen molar-refractivity contribution in [1.29, 1.82) is 0 Å². The smallest absolute Gasteiger partial charge is 0.353 e. The van der Waals surface area contributed by atoms with Crippen LogP contribution in [0.3, 0.4) is 0 Å². The second-order valence-corrected chi connectivity index (χ2v) is 5.85. The van der Waals surface area contributed by atoms with Crippen LogP contribution in [0, 0.1) is 12.7 Å². The van der Waals surface area contributed by atoms with Crippen molar-refractivity contribution in [1.82, 2.24) is 5.32 Å². The van der Waals surface area contributed by atoms with Crippen molar-refractivity contribution in [3.8, 4) is 0 Å². The second kappa shape index (κ2) is 7.56. The lowest BCUT2D eigenvalue weighted by Gasteiger charge is -2.15. The summed E-state index contributed by atoms with van der Waals surface area (Å²) >= 11 is 5.03. The van der Waals surface area contributed by atoms with Crippen molar-refractivity contribution in [2.24, 2.45) is 0 Å². The number of thioether (sulfide) groups is 1. The first-order chi connectivity index (χ1) is 10.4. The van der Waals surface area contributed by atoms with Crippen LogP contribution in [0.25, 0.3) is 0 Å². The normalized spacial score (nSPS) is 12.2. The van der Waals surface area contributed by atoms with Crippen molar-refractivity contribution in [2.45, 2.75) is 24.2 Å². The van der Waals surface area contributed by atoms with Gasteiger partial charge in [-0.1, -0.05) is 0 Å². The SMILES string of the molecule is Cc1cc(F)c(NC(=S)NCC(F)(F)F)cc1SCC(F)(F)F. The topological polar surface area (TPSA) is 24.1 Å². The fourth-order valence-electron chi connectivity index (χ4n) is 1.41. The van der Waals surface area contributed by atoms with Gasteiger partial charge in [0.25, 0.3) is 0 Å². The summed E-state index contributed by atoms with van der Waals surface area (Å²) in [5, 5.41) is 3.54. The average Bonchev–Trinajstić information content (AvgIpc) is 2.36. The van der Waals surface area contributed by atoms with E-state index in [1.165, 1.54) is 6.92 Å². The number of thiocarbonyl (C=S) groups is 1. The fourth-order valence-corrected chi connectivity index (χ4v) is 2.40. The Morgan fingerprint density at radius 3 is 2.26 bits per heavy atom. The fraction of sp³-hybridized carbons (Fsp3) is 0.417. The summed E-state index contributed by atoms with van der Waals surface area (Å²) in [5.74, 6) is -2.01. The predicted molar refractivity (Wildman–Crippen MR) is 78.2 cm³/mol. The Kier molecular flexibility index (Phi) is 6.51. The van der Waals surface area contributed by atoms with Crippen LogP contribution < -0.4 is 10.6 Å². The van der Waals surface area contributed by atoms with Crippen LogP contribution in [-0.2, 0) is 0 Å². The number of benzene rings is 1. The van der Waals surface area contributed by atoms with Crippen LogP contribution in [0.4, 0.5) is 36.4 Å². The standard InChI is InChI=1S/C12H11F7N2S2/c1-6-2-7(13)8(3-9(6)23-5-12(17,18)19)21-10(22)20-4-11(14,15)16/h2-3H,4-5H2,1H3,(H2,20,21,22). The largest absolute Gasteiger partial charge is 0.405 e. The molecule has 0 aromatic heterocycles. The van der Waals surface area contributed by atoms with Crippen molar-refractivity contribution in [3.05, 3.63) is 23.5 Å². The van der Waals surface area contributed by atoms with Gasteiger partial charge in [0, 0.05) is 4.90 Å². The van der Waals surface area contributed by atoms with Crippen molar-refractivity contribution >= 4 is 34.8 Å².